The number of hydrogen-bond acceptors (Lipinski definition) is 2. The van der Waals surface area contributed by atoms with Gasteiger partial charge in [0.15, 0.2) is 0 Å². The van der Waals surface area contributed by atoms with Crippen molar-refractivity contribution in [2.75, 3.05) is 13.1 Å². The summed E-state index contributed by atoms with van der Waals surface area (Å²) in [7, 11) is 0. The van der Waals surface area contributed by atoms with Gasteiger partial charge in [-0.2, -0.15) is 0 Å². The van der Waals surface area contributed by atoms with E-state index in [0.29, 0.717) is 17.8 Å². The molecule has 0 fully saturated rings. The van der Waals surface area contributed by atoms with Crippen LogP contribution in [-0.2, 0) is 0 Å². The van der Waals surface area contributed by atoms with E-state index in [4.69, 9.17) is 0 Å². The van der Waals surface area contributed by atoms with E-state index in [1.165, 1.54) is 10.9 Å². The quantitative estimate of drug-likeness (QED) is 0.850. The van der Waals surface area contributed by atoms with Crippen molar-refractivity contribution in [3.05, 3.63) is 42.1 Å². The molecule has 0 saturated carbocycles. The number of para-hydroxylation sites is 1. The number of pyridine rings is 1. The van der Waals surface area contributed by atoms with Gasteiger partial charge >= 0.3 is 0 Å². The third kappa shape index (κ3) is 3.80. The van der Waals surface area contributed by atoms with E-state index in [0.717, 1.165) is 18.6 Å². The molecule has 0 aliphatic rings. The highest BCUT2D eigenvalue weighted by molar-refractivity contribution is 5.78. The molecule has 20 heavy (non-hydrogen) atoms. The fourth-order valence-electron chi connectivity index (χ4n) is 2.44. The summed E-state index contributed by atoms with van der Waals surface area (Å²) in [6.45, 7) is 11.3. The van der Waals surface area contributed by atoms with E-state index in [1.807, 2.05) is 12.3 Å². The van der Waals surface area contributed by atoms with Gasteiger partial charge < -0.3 is 5.32 Å². The first-order valence-electron chi connectivity index (χ1n) is 7.63. The molecule has 0 aliphatic heterocycles. The molecule has 1 aromatic heterocycles. The van der Waals surface area contributed by atoms with Gasteiger partial charge in [0.25, 0.3) is 0 Å². The lowest BCUT2D eigenvalue weighted by Gasteiger charge is -2.21. The van der Waals surface area contributed by atoms with E-state index >= 15 is 0 Å². The molecular formula is C18H26N2. The molecule has 1 N–H and O–H groups in total. The first-order chi connectivity index (χ1) is 9.58. The summed E-state index contributed by atoms with van der Waals surface area (Å²) in [6, 6.07) is 10.6. The number of rotatable bonds is 6. The molecule has 2 rings (SSSR count). The van der Waals surface area contributed by atoms with Gasteiger partial charge in [-0.05, 0) is 48.5 Å². The molecule has 0 aliphatic carbocycles. The van der Waals surface area contributed by atoms with Gasteiger partial charge in [-0.15, -0.1) is 0 Å². The van der Waals surface area contributed by atoms with Crippen molar-refractivity contribution >= 4 is 10.9 Å². The molecule has 2 heteroatoms. The van der Waals surface area contributed by atoms with Crippen LogP contribution in [-0.4, -0.2) is 18.1 Å². The molecule has 108 valence electrons. The number of hydrogen-bond donors (Lipinski definition) is 1. The Morgan fingerprint density at radius 1 is 1.05 bits per heavy atom. The van der Waals surface area contributed by atoms with Crippen LogP contribution < -0.4 is 5.32 Å². The molecule has 0 radical (unpaired) electrons. The van der Waals surface area contributed by atoms with Crippen LogP contribution in [0.5, 0.6) is 0 Å². The second-order valence-electron chi connectivity index (χ2n) is 6.28. The zero-order chi connectivity index (χ0) is 14.5. The first-order valence-corrected chi connectivity index (χ1v) is 7.63. The summed E-state index contributed by atoms with van der Waals surface area (Å²) in [5.74, 6) is 1.84. The van der Waals surface area contributed by atoms with E-state index in [2.05, 4.69) is 62.3 Å². The number of nitrogens with one attached hydrogen (secondary N) is 1. The lowest BCUT2D eigenvalue weighted by atomic mass is 9.89. The third-order valence-corrected chi connectivity index (χ3v) is 4.01. The highest BCUT2D eigenvalue weighted by Gasteiger charge is 2.15. The van der Waals surface area contributed by atoms with Crippen LogP contribution in [0.2, 0.25) is 0 Å². The Morgan fingerprint density at radius 3 is 2.55 bits per heavy atom. The Hall–Kier alpha value is -1.41. The van der Waals surface area contributed by atoms with Crippen LogP contribution >= 0.6 is 0 Å². The van der Waals surface area contributed by atoms with Crippen LogP contribution in [0.25, 0.3) is 10.9 Å². The standard InChI is InChI=1S/C18H26N2/c1-13(2)10-19-11-14(3)15(4)17-9-16-7-5-6-8-18(16)20-12-17/h5-9,12-15,19H,10-11H2,1-4H3. The lowest BCUT2D eigenvalue weighted by Crippen LogP contribution is -2.27. The summed E-state index contributed by atoms with van der Waals surface area (Å²) in [5.41, 5.74) is 2.41. The summed E-state index contributed by atoms with van der Waals surface area (Å²) in [6.07, 6.45) is 2.03. The van der Waals surface area contributed by atoms with Gasteiger partial charge in [0.1, 0.15) is 0 Å². The van der Waals surface area contributed by atoms with E-state index in [1.54, 1.807) is 0 Å². The van der Waals surface area contributed by atoms with Crippen LogP contribution in [0.4, 0.5) is 0 Å². The van der Waals surface area contributed by atoms with Crippen molar-refractivity contribution in [2.24, 2.45) is 11.8 Å². The molecule has 2 aromatic rings. The number of benzene rings is 1. The van der Waals surface area contributed by atoms with Gasteiger partial charge in [0.05, 0.1) is 5.52 Å². The zero-order valence-corrected chi connectivity index (χ0v) is 13.1. The Bertz CT molecular complexity index is 548. The van der Waals surface area contributed by atoms with Gasteiger partial charge in [0, 0.05) is 11.6 Å². The summed E-state index contributed by atoms with van der Waals surface area (Å²) < 4.78 is 0. The second kappa shape index (κ2) is 6.85. The van der Waals surface area contributed by atoms with Crippen molar-refractivity contribution in [3.63, 3.8) is 0 Å². The van der Waals surface area contributed by atoms with Gasteiger partial charge in [-0.25, -0.2) is 0 Å². The van der Waals surface area contributed by atoms with Gasteiger partial charge in [-0.3, -0.25) is 4.98 Å². The molecular weight excluding hydrogens is 244 g/mol. The smallest absolute Gasteiger partial charge is 0.0702 e. The molecule has 1 aromatic carbocycles. The molecule has 0 amide bonds. The Kier molecular flexibility index (Phi) is 5.13. The monoisotopic (exact) mass is 270 g/mol. The molecule has 0 spiro atoms. The number of nitrogens with zero attached hydrogens (tertiary/aromatic N) is 1. The first kappa shape index (κ1) is 15.0. The average molecular weight is 270 g/mol. The van der Waals surface area contributed by atoms with E-state index in [-0.39, 0.29) is 0 Å². The van der Waals surface area contributed by atoms with Gasteiger partial charge in [0.2, 0.25) is 0 Å². The summed E-state index contributed by atoms with van der Waals surface area (Å²) in [5, 5.41) is 4.79. The highest BCUT2D eigenvalue weighted by atomic mass is 14.9. The minimum atomic E-state index is 0.520. The van der Waals surface area contributed by atoms with Crippen LogP contribution in [0.1, 0.15) is 39.2 Å². The molecule has 2 unspecified atom stereocenters. The number of aromatic nitrogens is 1. The van der Waals surface area contributed by atoms with Crippen LogP contribution in [0.3, 0.4) is 0 Å². The van der Waals surface area contributed by atoms with Crippen LogP contribution in [0, 0.1) is 11.8 Å². The van der Waals surface area contributed by atoms with Crippen molar-refractivity contribution in [1.29, 1.82) is 0 Å². The minimum Gasteiger partial charge on any atom is -0.316 e. The maximum atomic E-state index is 4.57. The predicted octanol–water partition coefficient (Wildman–Crippen LogP) is 4.22. The molecule has 2 atom stereocenters. The van der Waals surface area contributed by atoms with Crippen LogP contribution in [0.15, 0.2) is 36.5 Å². The molecule has 2 nitrogen and oxygen atoms in total. The fourth-order valence-corrected chi connectivity index (χ4v) is 2.44. The Morgan fingerprint density at radius 2 is 1.80 bits per heavy atom. The summed E-state index contributed by atoms with van der Waals surface area (Å²) >= 11 is 0. The third-order valence-electron chi connectivity index (χ3n) is 4.01. The number of fused-ring (bicyclic) bond motifs is 1. The Balaban J connectivity index is 2.04. The fraction of sp³-hybridized carbons (Fsp3) is 0.500. The molecule has 0 bridgehead atoms. The van der Waals surface area contributed by atoms with E-state index in [9.17, 15) is 0 Å². The summed E-state index contributed by atoms with van der Waals surface area (Å²) in [4.78, 5) is 4.57. The zero-order valence-electron chi connectivity index (χ0n) is 13.1. The lowest BCUT2D eigenvalue weighted by molar-refractivity contribution is 0.428. The van der Waals surface area contributed by atoms with Crippen molar-refractivity contribution in [1.82, 2.24) is 10.3 Å². The maximum absolute atomic E-state index is 4.57. The normalized spacial score (nSPS) is 14.7. The SMILES string of the molecule is CC(C)CNCC(C)C(C)c1cnc2ccccc2c1. The molecule has 0 saturated heterocycles. The van der Waals surface area contributed by atoms with Crippen molar-refractivity contribution in [3.8, 4) is 0 Å². The average Bonchev–Trinajstić information content (AvgIpc) is 2.45. The predicted molar refractivity (Wildman–Crippen MR) is 87.0 cm³/mol. The van der Waals surface area contributed by atoms with Crippen molar-refractivity contribution < 1.29 is 0 Å². The minimum absolute atomic E-state index is 0.520. The molecule has 1 heterocycles. The largest absolute Gasteiger partial charge is 0.316 e. The highest BCUT2D eigenvalue weighted by Crippen LogP contribution is 2.25. The second-order valence-corrected chi connectivity index (χ2v) is 6.28. The van der Waals surface area contributed by atoms with E-state index < -0.39 is 0 Å². The topological polar surface area (TPSA) is 24.9 Å². The van der Waals surface area contributed by atoms with Gasteiger partial charge in [-0.1, -0.05) is 45.9 Å². The van der Waals surface area contributed by atoms with Crippen molar-refractivity contribution in [2.45, 2.75) is 33.6 Å². The Labute approximate surface area is 122 Å². The maximum Gasteiger partial charge on any atom is 0.0702 e.